The zero-order chi connectivity index (χ0) is 20.1. The highest BCUT2D eigenvalue weighted by Gasteiger charge is 2.28. The van der Waals surface area contributed by atoms with Crippen LogP contribution in [-0.4, -0.2) is 28.8 Å². The number of rotatable bonds is 7. The van der Waals surface area contributed by atoms with Crippen molar-refractivity contribution in [3.05, 3.63) is 77.8 Å². The number of Topliss-reactive ketones (excluding diaryl/α,β-unsaturated/α-hetero) is 1. The van der Waals surface area contributed by atoms with Crippen molar-refractivity contribution in [2.24, 2.45) is 5.73 Å². The summed E-state index contributed by atoms with van der Waals surface area (Å²) < 4.78 is 18.9. The Morgan fingerprint density at radius 3 is 2.43 bits per heavy atom. The minimum Gasteiger partial charge on any atom is -0.363 e. The minimum absolute atomic E-state index is 0.0133. The van der Waals surface area contributed by atoms with Crippen LogP contribution < -0.4 is 11.1 Å². The summed E-state index contributed by atoms with van der Waals surface area (Å²) in [5.41, 5.74) is 5.82. The van der Waals surface area contributed by atoms with Crippen LogP contribution in [0.4, 0.5) is 4.39 Å². The summed E-state index contributed by atoms with van der Waals surface area (Å²) >= 11 is 0. The molecule has 0 aliphatic carbocycles. The Balaban J connectivity index is 1.87. The van der Waals surface area contributed by atoms with Crippen LogP contribution >= 0.6 is 0 Å². The Hall–Kier alpha value is -3.81. The molecule has 0 radical (unpaired) electrons. The molecule has 2 amide bonds. The number of aromatic nitrogens is 1. The van der Waals surface area contributed by atoms with Gasteiger partial charge < -0.3 is 15.6 Å². The SMILES string of the molecule is NC(=O)C(=O)C(Cc1ccccc1)NC(=O)c1conc1-c1ccccc1F. The lowest BCUT2D eigenvalue weighted by molar-refractivity contribution is -0.137. The first-order chi connectivity index (χ1) is 13.5. The molecule has 0 aliphatic heterocycles. The standard InChI is InChI=1S/C20H16FN3O4/c21-15-9-5-4-8-13(15)17-14(11-28-24-17)20(27)23-16(18(25)19(22)26)10-12-6-2-1-3-7-12/h1-9,11,16H,10H2,(H2,22,26)(H,23,27). The average Bonchev–Trinajstić information content (AvgIpc) is 3.17. The van der Waals surface area contributed by atoms with E-state index < -0.39 is 29.5 Å². The van der Waals surface area contributed by atoms with Gasteiger partial charge in [0, 0.05) is 12.0 Å². The molecule has 1 unspecified atom stereocenters. The molecule has 3 aromatic rings. The van der Waals surface area contributed by atoms with Crippen molar-refractivity contribution in [2.75, 3.05) is 0 Å². The molecule has 1 atom stereocenters. The predicted molar refractivity (Wildman–Crippen MR) is 97.5 cm³/mol. The van der Waals surface area contributed by atoms with Gasteiger partial charge in [0.1, 0.15) is 29.4 Å². The number of amides is 2. The molecule has 2 aromatic carbocycles. The molecule has 0 saturated carbocycles. The zero-order valence-corrected chi connectivity index (χ0v) is 14.6. The van der Waals surface area contributed by atoms with E-state index >= 15 is 0 Å². The third kappa shape index (κ3) is 4.12. The lowest BCUT2D eigenvalue weighted by Gasteiger charge is -2.16. The van der Waals surface area contributed by atoms with Gasteiger partial charge in [-0.15, -0.1) is 0 Å². The number of hydrogen-bond donors (Lipinski definition) is 2. The number of nitrogens with two attached hydrogens (primary N) is 1. The van der Waals surface area contributed by atoms with E-state index in [1.54, 1.807) is 36.4 Å². The average molecular weight is 381 g/mol. The fourth-order valence-electron chi connectivity index (χ4n) is 2.71. The van der Waals surface area contributed by atoms with Gasteiger partial charge in [-0.05, 0) is 17.7 Å². The second kappa shape index (κ2) is 8.26. The highest BCUT2D eigenvalue weighted by molar-refractivity contribution is 6.38. The molecular formula is C20H16FN3O4. The summed E-state index contributed by atoms with van der Waals surface area (Å²) in [7, 11) is 0. The van der Waals surface area contributed by atoms with Crippen molar-refractivity contribution in [1.82, 2.24) is 10.5 Å². The third-order valence-electron chi connectivity index (χ3n) is 4.09. The summed E-state index contributed by atoms with van der Waals surface area (Å²) in [6.07, 6.45) is 1.11. The summed E-state index contributed by atoms with van der Waals surface area (Å²) in [6.45, 7) is 0. The monoisotopic (exact) mass is 381 g/mol. The smallest absolute Gasteiger partial charge is 0.287 e. The molecule has 0 bridgehead atoms. The Kier molecular flexibility index (Phi) is 5.59. The van der Waals surface area contributed by atoms with Gasteiger partial charge in [0.15, 0.2) is 0 Å². The Morgan fingerprint density at radius 2 is 1.75 bits per heavy atom. The van der Waals surface area contributed by atoms with E-state index in [0.717, 1.165) is 11.8 Å². The first-order valence-corrected chi connectivity index (χ1v) is 8.35. The van der Waals surface area contributed by atoms with E-state index in [2.05, 4.69) is 10.5 Å². The summed E-state index contributed by atoms with van der Waals surface area (Å²) in [5.74, 6) is -3.43. The van der Waals surface area contributed by atoms with Gasteiger partial charge in [0.2, 0.25) is 5.78 Å². The van der Waals surface area contributed by atoms with E-state index in [9.17, 15) is 18.8 Å². The number of halogens is 1. The second-order valence-electron chi connectivity index (χ2n) is 6.00. The van der Waals surface area contributed by atoms with Crippen molar-refractivity contribution in [2.45, 2.75) is 12.5 Å². The number of nitrogens with zero attached hydrogens (tertiary/aromatic N) is 1. The molecule has 28 heavy (non-hydrogen) atoms. The molecular weight excluding hydrogens is 365 g/mol. The van der Waals surface area contributed by atoms with Gasteiger partial charge in [-0.25, -0.2) is 4.39 Å². The van der Waals surface area contributed by atoms with Gasteiger partial charge in [-0.2, -0.15) is 0 Å². The summed E-state index contributed by atoms with van der Waals surface area (Å²) in [5, 5.41) is 6.15. The van der Waals surface area contributed by atoms with Gasteiger partial charge in [0.05, 0.1) is 0 Å². The zero-order valence-electron chi connectivity index (χ0n) is 14.6. The molecule has 0 fully saturated rings. The topological polar surface area (TPSA) is 115 Å². The molecule has 3 rings (SSSR count). The van der Waals surface area contributed by atoms with Crippen LogP contribution in [0.15, 0.2) is 65.4 Å². The first-order valence-electron chi connectivity index (χ1n) is 8.35. The number of benzene rings is 2. The summed E-state index contributed by atoms with van der Waals surface area (Å²) in [4.78, 5) is 36.2. The van der Waals surface area contributed by atoms with Crippen molar-refractivity contribution in [1.29, 1.82) is 0 Å². The van der Waals surface area contributed by atoms with Gasteiger partial charge in [0.25, 0.3) is 11.8 Å². The Morgan fingerprint density at radius 1 is 1.07 bits per heavy atom. The summed E-state index contributed by atoms with van der Waals surface area (Å²) in [6, 6.07) is 13.4. The van der Waals surface area contributed by atoms with Crippen LogP contribution in [0.2, 0.25) is 0 Å². The quantitative estimate of drug-likeness (QED) is 0.606. The van der Waals surface area contributed by atoms with Crippen molar-refractivity contribution in [3.63, 3.8) is 0 Å². The minimum atomic E-state index is -1.18. The number of ketones is 1. The van der Waals surface area contributed by atoms with Crippen LogP contribution in [0, 0.1) is 5.82 Å². The maximum atomic E-state index is 14.1. The molecule has 7 nitrogen and oxygen atoms in total. The van der Waals surface area contributed by atoms with Crippen molar-refractivity contribution in [3.8, 4) is 11.3 Å². The molecule has 142 valence electrons. The third-order valence-corrected chi connectivity index (χ3v) is 4.09. The van der Waals surface area contributed by atoms with E-state index in [4.69, 9.17) is 10.3 Å². The van der Waals surface area contributed by atoms with Gasteiger partial charge in [-0.1, -0.05) is 47.6 Å². The van der Waals surface area contributed by atoms with Gasteiger partial charge >= 0.3 is 0 Å². The number of nitrogens with one attached hydrogen (secondary N) is 1. The Bertz CT molecular complexity index is 1020. The maximum absolute atomic E-state index is 14.1. The highest BCUT2D eigenvalue weighted by Crippen LogP contribution is 2.25. The number of carbonyl (C=O) groups excluding carboxylic acids is 3. The molecule has 8 heteroatoms. The first kappa shape index (κ1) is 19.0. The van der Waals surface area contributed by atoms with E-state index in [-0.39, 0.29) is 23.2 Å². The fourth-order valence-corrected chi connectivity index (χ4v) is 2.71. The molecule has 0 spiro atoms. The fraction of sp³-hybridized carbons (Fsp3) is 0.100. The molecule has 3 N–H and O–H groups in total. The van der Waals surface area contributed by atoms with Crippen molar-refractivity contribution < 1.29 is 23.3 Å². The van der Waals surface area contributed by atoms with E-state index in [1.165, 1.54) is 18.2 Å². The highest BCUT2D eigenvalue weighted by atomic mass is 19.1. The van der Waals surface area contributed by atoms with Crippen LogP contribution in [0.5, 0.6) is 0 Å². The molecule has 0 saturated heterocycles. The normalized spacial score (nSPS) is 11.6. The van der Waals surface area contributed by atoms with E-state index in [1.807, 2.05) is 0 Å². The second-order valence-corrected chi connectivity index (χ2v) is 6.00. The molecule has 0 aliphatic rings. The van der Waals surface area contributed by atoms with Gasteiger partial charge in [-0.3, -0.25) is 14.4 Å². The van der Waals surface area contributed by atoms with Crippen LogP contribution in [0.1, 0.15) is 15.9 Å². The lowest BCUT2D eigenvalue weighted by Crippen LogP contribution is -2.47. The molecule has 1 heterocycles. The molecule has 1 aromatic heterocycles. The van der Waals surface area contributed by atoms with E-state index in [0.29, 0.717) is 0 Å². The largest absolute Gasteiger partial charge is 0.363 e. The number of carbonyl (C=O) groups is 3. The maximum Gasteiger partial charge on any atom is 0.287 e. The van der Waals surface area contributed by atoms with Crippen LogP contribution in [0.25, 0.3) is 11.3 Å². The lowest BCUT2D eigenvalue weighted by atomic mass is 10.0. The van der Waals surface area contributed by atoms with Crippen LogP contribution in [0.3, 0.4) is 0 Å². The Labute approximate surface area is 159 Å². The van der Waals surface area contributed by atoms with Crippen LogP contribution in [-0.2, 0) is 16.0 Å². The predicted octanol–water partition coefficient (Wildman–Crippen LogP) is 1.88. The van der Waals surface area contributed by atoms with Crippen molar-refractivity contribution >= 4 is 17.6 Å². The number of hydrogen-bond acceptors (Lipinski definition) is 5. The number of primary amides is 1.